The molecule has 1 aromatic heterocycles. The highest BCUT2D eigenvalue weighted by atomic mass is 32.2. The average Bonchev–Trinajstić information content (AvgIpc) is 2.70. The molecule has 3 nitrogen and oxygen atoms in total. The lowest BCUT2D eigenvalue weighted by molar-refractivity contribution is 0.0659. The molecule has 1 heterocycles. The Kier molecular flexibility index (Phi) is 3.72. The molecule has 1 aromatic carbocycles. The third-order valence-electron chi connectivity index (χ3n) is 2.37. The Morgan fingerprint density at radius 1 is 1.44 bits per heavy atom. The first kappa shape index (κ1) is 12.7. The SMILES string of the molecule is Cc1cc(CSc2ccccc2F)oc1C(=O)O. The van der Waals surface area contributed by atoms with Crippen molar-refractivity contribution in [3.63, 3.8) is 0 Å². The van der Waals surface area contributed by atoms with Crippen LogP contribution >= 0.6 is 11.8 Å². The summed E-state index contributed by atoms with van der Waals surface area (Å²) in [5.74, 6) is -0.508. The van der Waals surface area contributed by atoms with E-state index in [0.717, 1.165) is 0 Å². The molecule has 0 amide bonds. The Labute approximate surface area is 108 Å². The van der Waals surface area contributed by atoms with Crippen molar-refractivity contribution in [1.29, 1.82) is 0 Å². The number of hydrogen-bond acceptors (Lipinski definition) is 3. The number of furan rings is 1. The Balaban J connectivity index is 2.09. The van der Waals surface area contributed by atoms with Gasteiger partial charge in [0.05, 0.1) is 5.75 Å². The van der Waals surface area contributed by atoms with E-state index in [1.165, 1.54) is 17.8 Å². The third kappa shape index (κ3) is 2.73. The summed E-state index contributed by atoms with van der Waals surface area (Å²) in [5.41, 5.74) is 0.576. The number of hydrogen-bond donors (Lipinski definition) is 1. The number of rotatable bonds is 4. The summed E-state index contributed by atoms with van der Waals surface area (Å²) in [7, 11) is 0. The zero-order valence-corrected chi connectivity index (χ0v) is 10.5. The fourth-order valence-electron chi connectivity index (χ4n) is 1.54. The Morgan fingerprint density at radius 3 is 2.78 bits per heavy atom. The summed E-state index contributed by atoms with van der Waals surface area (Å²) in [5, 5.41) is 8.85. The number of halogens is 1. The fourth-order valence-corrected chi connectivity index (χ4v) is 2.36. The van der Waals surface area contributed by atoms with E-state index in [1.54, 1.807) is 31.2 Å². The van der Waals surface area contributed by atoms with Crippen molar-refractivity contribution in [3.05, 3.63) is 53.2 Å². The minimum atomic E-state index is -1.09. The van der Waals surface area contributed by atoms with Crippen molar-refractivity contribution in [2.24, 2.45) is 0 Å². The first-order valence-corrected chi connectivity index (χ1v) is 6.26. The van der Waals surface area contributed by atoms with Gasteiger partial charge in [0.15, 0.2) is 0 Å². The van der Waals surface area contributed by atoms with Crippen molar-refractivity contribution in [3.8, 4) is 0 Å². The number of aromatic carboxylic acids is 1. The van der Waals surface area contributed by atoms with Crippen LogP contribution in [0, 0.1) is 12.7 Å². The van der Waals surface area contributed by atoms with E-state index >= 15 is 0 Å². The molecule has 0 unspecified atom stereocenters. The summed E-state index contributed by atoms with van der Waals surface area (Å²) in [6, 6.07) is 8.10. The van der Waals surface area contributed by atoms with Crippen LogP contribution in [0.15, 0.2) is 39.6 Å². The summed E-state index contributed by atoms with van der Waals surface area (Å²) in [6.07, 6.45) is 0. The molecule has 0 aliphatic carbocycles. The first-order chi connectivity index (χ1) is 8.58. The second kappa shape index (κ2) is 5.27. The van der Waals surface area contributed by atoms with Gasteiger partial charge in [-0.2, -0.15) is 0 Å². The number of carboxylic acid groups (broad SMARTS) is 1. The normalized spacial score (nSPS) is 10.6. The van der Waals surface area contributed by atoms with Crippen LogP contribution in [0.4, 0.5) is 4.39 Å². The molecule has 0 aliphatic rings. The fraction of sp³-hybridized carbons (Fsp3) is 0.154. The van der Waals surface area contributed by atoms with E-state index in [2.05, 4.69) is 0 Å². The maximum Gasteiger partial charge on any atom is 0.372 e. The van der Waals surface area contributed by atoms with E-state index in [4.69, 9.17) is 9.52 Å². The van der Waals surface area contributed by atoms with E-state index in [9.17, 15) is 9.18 Å². The number of thioether (sulfide) groups is 1. The maximum absolute atomic E-state index is 13.4. The maximum atomic E-state index is 13.4. The van der Waals surface area contributed by atoms with Crippen LogP contribution in [-0.2, 0) is 5.75 Å². The minimum Gasteiger partial charge on any atom is -0.475 e. The van der Waals surface area contributed by atoms with Gasteiger partial charge in [0.25, 0.3) is 0 Å². The van der Waals surface area contributed by atoms with Crippen LogP contribution in [0.5, 0.6) is 0 Å². The molecule has 5 heteroatoms. The lowest BCUT2D eigenvalue weighted by Crippen LogP contribution is -1.94. The standard InChI is InChI=1S/C13H11FO3S/c1-8-6-9(17-12(8)13(15)16)7-18-11-5-3-2-4-10(11)14/h2-6H,7H2,1H3,(H,15,16). The molecule has 0 radical (unpaired) electrons. The molecule has 94 valence electrons. The van der Waals surface area contributed by atoms with Crippen molar-refractivity contribution >= 4 is 17.7 Å². The van der Waals surface area contributed by atoms with E-state index in [1.807, 2.05) is 0 Å². The predicted molar refractivity (Wildman–Crippen MR) is 66.4 cm³/mol. The van der Waals surface area contributed by atoms with Gasteiger partial charge in [0.1, 0.15) is 11.6 Å². The Hall–Kier alpha value is -1.75. The molecule has 0 atom stereocenters. The van der Waals surface area contributed by atoms with Crippen LogP contribution in [0.25, 0.3) is 0 Å². The molecule has 0 bridgehead atoms. The summed E-state index contributed by atoms with van der Waals surface area (Å²) in [6.45, 7) is 1.67. The minimum absolute atomic E-state index is 0.0564. The zero-order chi connectivity index (χ0) is 13.1. The van der Waals surface area contributed by atoms with E-state index < -0.39 is 5.97 Å². The Morgan fingerprint density at radius 2 is 2.17 bits per heavy atom. The smallest absolute Gasteiger partial charge is 0.372 e. The van der Waals surface area contributed by atoms with Gasteiger partial charge in [-0.15, -0.1) is 11.8 Å². The molecule has 2 rings (SSSR count). The molecule has 0 saturated carbocycles. The molecule has 18 heavy (non-hydrogen) atoms. The quantitative estimate of drug-likeness (QED) is 0.857. The molecule has 0 spiro atoms. The van der Waals surface area contributed by atoms with Gasteiger partial charge in [0.2, 0.25) is 5.76 Å². The van der Waals surface area contributed by atoms with Crippen LogP contribution in [0.1, 0.15) is 21.9 Å². The predicted octanol–water partition coefficient (Wildman–Crippen LogP) is 3.72. The van der Waals surface area contributed by atoms with Gasteiger partial charge < -0.3 is 9.52 Å². The number of aryl methyl sites for hydroxylation is 1. The molecule has 2 aromatic rings. The lowest BCUT2D eigenvalue weighted by Gasteiger charge is -2.00. The van der Waals surface area contributed by atoms with Crippen LogP contribution in [0.3, 0.4) is 0 Å². The monoisotopic (exact) mass is 266 g/mol. The molecule has 0 aliphatic heterocycles. The second-order valence-corrected chi connectivity index (χ2v) is 4.77. The summed E-state index contributed by atoms with van der Waals surface area (Å²) >= 11 is 1.27. The molecule has 1 N–H and O–H groups in total. The topological polar surface area (TPSA) is 50.4 Å². The first-order valence-electron chi connectivity index (χ1n) is 5.28. The number of benzene rings is 1. The van der Waals surface area contributed by atoms with Crippen LogP contribution in [-0.4, -0.2) is 11.1 Å². The number of carboxylic acids is 1. The summed E-state index contributed by atoms with van der Waals surface area (Å²) in [4.78, 5) is 11.3. The zero-order valence-electron chi connectivity index (χ0n) is 9.64. The molecular weight excluding hydrogens is 255 g/mol. The molecule has 0 fully saturated rings. The highest BCUT2D eigenvalue weighted by molar-refractivity contribution is 7.98. The van der Waals surface area contributed by atoms with Gasteiger partial charge in [-0.05, 0) is 25.1 Å². The molecular formula is C13H11FO3S. The van der Waals surface area contributed by atoms with Gasteiger partial charge in [-0.25, -0.2) is 9.18 Å². The third-order valence-corrected chi connectivity index (χ3v) is 3.44. The Bertz CT molecular complexity index is 577. The average molecular weight is 266 g/mol. The highest BCUT2D eigenvalue weighted by Gasteiger charge is 2.14. The number of carbonyl (C=O) groups is 1. The highest BCUT2D eigenvalue weighted by Crippen LogP contribution is 2.27. The lowest BCUT2D eigenvalue weighted by atomic mass is 10.3. The van der Waals surface area contributed by atoms with E-state index in [-0.39, 0.29) is 11.6 Å². The van der Waals surface area contributed by atoms with Gasteiger partial charge >= 0.3 is 5.97 Å². The van der Waals surface area contributed by atoms with Crippen molar-refractivity contribution < 1.29 is 18.7 Å². The van der Waals surface area contributed by atoms with Crippen LogP contribution in [0.2, 0.25) is 0 Å². The largest absolute Gasteiger partial charge is 0.475 e. The van der Waals surface area contributed by atoms with Crippen molar-refractivity contribution in [1.82, 2.24) is 0 Å². The summed E-state index contributed by atoms with van der Waals surface area (Å²) < 4.78 is 18.6. The van der Waals surface area contributed by atoms with Gasteiger partial charge in [-0.1, -0.05) is 12.1 Å². The van der Waals surface area contributed by atoms with Gasteiger partial charge in [-0.3, -0.25) is 0 Å². The van der Waals surface area contributed by atoms with Crippen molar-refractivity contribution in [2.45, 2.75) is 17.6 Å². The van der Waals surface area contributed by atoms with Crippen LogP contribution < -0.4 is 0 Å². The molecule has 0 saturated heterocycles. The van der Waals surface area contributed by atoms with Crippen molar-refractivity contribution in [2.75, 3.05) is 0 Å². The van der Waals surface area contributed by atoms with Gasteiger partial charge in [0, 0.05) is 10.5 Å². The second-order valence-electron chi connectivity index (χ2n) is 3.75. The van der Waals surface area contributed by atoms with E-state index in [0.29, 0.717) is 22.0 Å².